The van der Waals surface area contributed by atoms with Crippen molar-refractivity contribution in [3.63, 3.8) is 0 Å². The second-order valence-corrected chi connectivity index (χ2v) is 5.31. The standard InChI is InChI=1S/C19H14N4/c1-13-12-20-18-19(21-13)23-17(15-10-6-3-7-11-15)16(22-18)14-8-4-2-5-9-14/h2-12H,1H3. The fraction of sp³-hybridized carbons (Fsp3) is 0.0526. The number of aromatic nitrogens is 4. The highest BCUT2D eigenvalue weighted by Gasteiger charge is 2.14. The Morgan fingerprint density at radius 3 is 1.70 bits per heavy atom. The maximum absolute atomic E-state index is 4.75. The van der Waals surface area contributed by atoms with Gasteiger partial charge in [-0.05, 0) is 6.92 Å². The lowest BCUT2D eigenvalue weighted by Crippen LogP contribution is -1.99. The third kappa shape index (κ3) is 2.55. The Morgan fingerprint density at radius 1 is 0.609 bits per heavy atom. The molecule has 0 atom stereocenters. The number of rotatable bonds is 2. The number of fused-ring (bicyclic) bond motifs is 1. The van der Waals surface area contributed by atoms with Crippen molar-refractivity contribution >= 4 is 11.3 Å². The smallest absolute Gasteiger partial charge is 0.198 e. The van der Waals surface area contributed by atoms with Crippen molar-refractivity contribution in [2.24, 2.45) is 0 Å². The Labute approximate surface area is 133 Å². The minimum Gasteiger partial charge on any atom is -0.232 e. The third-order valence-electron chi connectivity index (χ3n) is 3.61. The van der Waals surface area contributed by atoms with Crippen molar-refractivity contribution < 1.29 is 0 Å². The normalized spacial score (nSPS) is 10.8. The maximum Gasteiger partial charge on any atom is 0.198 e. The Morgan fingerprint density at radius 2 is 1.13 bits per heavy atom. The maximum atomic E-state index is 4.75. The molecule has 0 fully saturated rings. The van der Waals surface area contributed by atoms with E-state index in [1.165, 1.54) is 0 Å². The van der Waals surface area contributed by atoms with Gasteiger partial charge in [0.1, 0.15) is 0 Å². The molecule has 0 N–H and O–H groups in total. The van der Waals surface area contributed by atoms with Crippen LogP contribution in [0.15, 0.2) is 66.9 Å². The van der Waals surface area contributed by atoms with E-state index in [1.807, 2.05) is 67.6 Å². The van der Waals surface area contributed by atoms with E-state index in [4.69, 9.17) is 9.97 Å². The first-order chi connectivity index (χ1) is 11.3. The number of nitrogens with zero attached hydrogens (tertiary/aromatic N) is 4. The number of benzene rings is 2. The molecule has 4 nitrogen and oxygen atoms in total. The van der Waals surface area contributed by atoms with Crippen LogP contribution in [0, 0.1) is 6.92 Å². The Bertz CT molecular complexity index is 966. The predicted molar refractivity (Wildman–Crippen MR) is 90.7 cm³/mol. The summed E-state index contributed by atoms with van der Waals surface area (Å²) in [6.45, 7) is 1.90. The molecule has 0 unspecified atom stereocenters. The molecule has 0 aliphatic rings. The monoisotopic (exact) mass is 298 g/mol. The van der Waals surface area contributed by atoms with Crippen LogP contribution in [-0.4, -0.2) is 19.9 Å². The molecule has 23 heavy (non-hydrogen) atoms. The van der Waals surface area contributed by atoms with Gasteiger partial charge in [0, 0.05) is 11.1 Å². The van der Waals surface area contributed by atoms with Crippen LogP contribution in [0.25, 0.3) is 33.8 Å². The van der Waals surface area contributed by atoms with Gasteiger partial charge >= 0.3 is 0 Å². The van der Waals surface area contributed by atoms with Gasteiger partial charge in [-0.25, -0.2) is 19.9 Å². The van der Waals surface area contributed by atoms with Gasteiger partial charge in [-0.2, -0.15) is 0 Å². The molecule has 0 aliphatic carbocycles. The van der Waals surface area contributed by atoms with Gasteiger partial charge < -0.3 is 0 Å². The highest BCUT2D eigenvalue weighted by molar-refractivity contribution is 5.83. The lowest BCUT2D eigenvalue weighted by Gasteiger charge is -2.09. The van der Waals surface area contributed by atoms with E-state index in [-0.39, 0.29) is 0 Å². The number of aryl methyl sites for hydroxylation is 1. The fourth-order valence-electron chi connectivity index (χ4n) is 2.52. The molecule has 4 aromatic rings. The molecule has 2 heterocycles. The zero-order valence-electron chi connectivity index (χ0n) is 12.6. The van der Waals surface area contributed by atoms with Gasteiger partial charge in [0.2, 0.25) is 0 Å². The second kappa shape index (κ2) is 5.57. The van der Waals surface area contributed by atoms with Crippen molar-refractivity contribution in [3.05, 3.63) is 72.6 Å². The van der Waals surface area contributed by atoms with Crippen molar-refractivity contribution in [1.82, 2.24) is 19.9 Å². The van der Waals surface area contributed by atoms with E-state index in [0.29, 0.717) is 11.3 Å². The van der Waals surface area contributed by atoms with E-state index in [0.717, 1.165) is 28.2 Å². The number of hydrogen-bond acceptors (Lipinski definition) is 4. The highest BCUT2D eigenvalue weighted by Crippen LogP contribution is 2.29. The van der Waals surface area contributed by atoms with Crippen LogP contribution in [0.3, 0.4) is 0 Å². The molecular formula is C19H14N4. The SMILES string of the molecule is Cc1cnc2nc(-c3ccccc3)c(-c3ccccc3)nc2n1. The summed E-state index contributed by atoms with van der Waals surface area (Å²) in [6.07, 6.45) is 1.72. The van der Waals surface area contributed by atoms with Crippen LogP contribution in [-0.2, 0) is 0 Å². The largest absolute Gasteiger partial charge is 0.232 e. The fourth-order valence-corrected chi connectivity index (χ4v) is 2.52. The second-order valence-electron chi connectivity index (χ2n) is 5.31. The molecule has 0 aliphatic heterocycles. The van der Waals surface area contributed by atoms with Crippen LogP contribution in [0.1, 0.15) is 5.69 Å². The molecule has 4 rings (SSSR count). The van der Waals surface area contributed by atoms with Crippen LogP contribution in [0.2, 0.25) is 0 Å². The first kappa shape index (κ1) is 13.5. The number of hydrogen-bond donors (Lipinski definition) is 0. The van der Waals surface area contributed by atoms with E-state index in [1.54, 1.807) is 6.20 Å². The summed E-state index contributed by atoms with van der Waals surface area (Å²) in [6, 6.07) is 20.1. The van der Waals surface area contributed by atoms with Gasteiger partial charge in [-0.1, -0.05) is 60.7 Å². The molecule has 0 amide bonds. The van der Waals surface area contributed by atoms with Crippen LogP contribution in [0.5, 0.6) is 0 Å². The van der Waals surface area contributed by atoms with Crippen molar-refractivity contribution in [2.75, 3.05) is 0 Å². The lowest BCUT2D eigenvalue weighted by molar-refractivity contribution is 1.11. The van der Waals surface area contributed by atoms with Crippen molar-refractivity contribution in [3.8, 4) is 22.5 Å². The molecule has 0 radical (unpaired) electrons. The summed E-state index contributed by atoms with van der Waals surface area (Å²) in [5, 5.41) is 0. The zero-order valence-corrected chi connectivity index (χ0v) is 12.6. The quantitative estimate of drug-likeness (QED) is 0.560. The van der Waals surface area contributed by atoms with Gasteiger partial charge in [0.25, 0.3) is 0 Å². The highest BCUT2D eigenvalue weighted by atomic mass is 15.0. The van der Waals surface area contributed by atoms with E-state index < -0.39 is 0 Å². The molecule has 0 saturated heterocycles. The van der Waals surface area contributed by atoms with Gasteiger partial charge in [0.05, 0.1) is 23.3 Å². The molecular weight excluding hydrogens is 284 g/mol. The molecule has 2 aromatic heterocycles. The van der Waals surface area contributed by atoms with Gasteiger partial charge in [0.15, 0.2) is 11.3 Å². The zero-order chi connectivity index (χ0) is 15.6. The van der Waals surface area contributed by atoms with Gasteiger partial charge in [-0.3, -0.25) is 0 Å². The summed E-state index contributed by atoms with van der Waals surface area (Å²) in [4.78, 5) is 18.3. The summed E-state index contributed by atoms with van der Waals surface area (Å²) in [7, 11) is 0. The molecule has 110 valence electrons. The molecule has 0 spiro atoms. The average molecular weight is 298 g/mol. The first-order valence-corrected chi connectivity index (χ1v) is 7.43. The average Bonchev–Trinajstić information content (AvgIpc) is 2.62. The minimum absolute atomic E-state index is 0.564. The van der Waals surface area contributed by atoms with Crippen molar-refractivity contribution in [2.45, 2.75) is 6.92 Å². The molecule has 0 bridgehead atoms. The van der Waals surface area contributed by atoms with Crippen molar-refractivity contribution in [1.29, 1.82) is 0 Å². The summed E-state index contributed by atoms with van der Waals surface area (Å²) >= 11 is 0. The summed E-state index contributed by atoms with van der Waals surface area (Å²) in [5.74, 6) is 0. The van der Waals surface area contributed by atoms with E-state index >= 15 is 0 Å². The Balaban J connectivity index is 2.04. The third-order valence-corrected chi connectivity index (χ3v) is 3.61. The minimum atomic E-state index is 0.564. The van der Waals surface area contributed by atoms with E-state index in [9.17, 15) is 0 Å². The molecule has 2 aromatic carbocycles. The van der Waals surface area contributed by atoms with Crippen LogP contribution in [0.4, 0.5) is 0 Å². The van der Waals surface area contributed by atoms with E-state index in [2.05, 4.69) is 9.97 Å². The summed E-state index contributed by atoms with van der Waals surface area (Å²) in [5.41, 5.74) is 5.65. The lowest BCUT2D eigenvalue weighted by atomic mass is 10.0. The Hall–Kier alpha value is -3.14. The van der Waals surface area contributed by atoms with Crippen LogP contribution >= 0.6 is 0 Å². The van der Waals surface area contributed by atoms with Gasteiger partial charge in [-0.15, -0.1) is 0 Å². The predicted octanol–water partition coefficient (Wildman–Crippen LogP) is 4.06. The molecule has 0 saturated carbocycles. The summed E-state index contributed by atoms with van der Waals surface area (Å²) < 4.78 is 0. The first-order valence-electron chi connectivity index (χ1n) is 7.43. The Kier molecular flexibility index (Phi) is 3.27. The molecule has 4 heteroatoms. The van der Waals surface area contributed by atoms with Crippen LogP contribution < -0.4 is 0 Å². The topological polar surface area (TPSA) is 51.6 Å².